The number of fused-ring (bicyclic) bond motifs is 1. The summed E-state index contributed by atoms with van der Waals surface area (Å²) >= 11 is 5.73. The zero-order chi connectivity index (χ0) is 28.3. The van der Waals surface area contributed by atoms with Gasteiger partial charge in [0, 0.05) is 46.6 Å². The molecule has 2 N–H and O–H groups in total. The molecule has 0 fully saturated rings. The number of halogens is 2. The van der Waals surface area contributed by atoms with Crippen LogP contribution in [-0.4, -0.2) is 48.5 Å². The van der Waals surface area contributed by atoms with E-state index in [0.29, 0.717) is 17.2 Å². The van der Waals surface area contributed by atoms with Crippen molar-refractivity contribution in [3.63, 3.8) is 0 Å². The van der Waals surface area contributed by atoms with Crippen molar-refractivity contribution in [1.82, 2.24) is 19.4 Å². The van der Waals surface area contributed by atoms with E-state index in [2.05, 4.69) is 74.0 Å². The summed E-state index contributed by atoms with van der Waals surface area (Å²) in [5.41, 5.74) is 4.00. The fraction of sp³-hybridized carbons (Fsp3) is 0.172. The minimum Gasteiger partial charge on any atom is -0.347 e. The maximum atomic E-state index is 13.4. The Morgan fingerprint density at radius 3 is 2.48 bits per heavy atom. The molecule has 5 aromatic rings. The minimum absolute atomic E-state index is 0.131. The summed E-state index contributed by atoms with van der Waals surface area (Å²) in [4.78, 5) is 10.8. The van der Waals surface area contributed by atoms with E-state index in [9.17, 15) is 12.8 Å². The second-order valence-corrected chi connectivity index (χ2v) is 11.7. The summed E-state index contributed by atoms with van der Waals surface area (Å²) in [6.45, 7) is 2.00. The lowest BCUT2D eigenvalue weighted by atomic mass is 10.1. The van der Waals surface area contributed by atoms with E-state index in [-0.39, 0.29) is 9.92 Å². The Balaban J connectivity index is 1.27. The van der Waals surface area contributed by atoms with Crippen LogP contribution in [0.2, 0.25) is 5.02 Å². The summed E-state index contributed by atoms with van der Waals surface area (Å²) < 4.78 is 43.4. The number of sulfonamides is 1. The van der Waals surface area contributed by atoms with Crippen LogP contribution in [0.5, 0.6) is 0 Å². The summed E-state index contributed by atoms with van der Waals surface area (Å²) in [5, 5.41) is 4.11. The van der Waals surface area contributed by atoms with E-state index in [1.54, 1.807) is 24.3 Å². The van der Waals surface area contributed by atoms with Crippen molar-refractivity contribution in [3.05, 3.63) is 96.2 Å². The van der Waals surface area contributed by atoms with E-state index in [0.717, 1.165) is 54.4 Å². The first-order chi connectivity index (χ1) is 19.2. The van der Waals surface area contributed by atoms with Gasteiger partial charge in [-0.25, -0.2) is 22.8 Å². The van der Waals surface area contributed by atoms with Gasteiger partial charge in [-0.15, -0.1) is 0 Å². The molecule has 206 valence electrons. The molecule has 40 heavy (non-hydrogen) atoms. The van der Waals surface area contributed by atoms with Crippen LogP contribution in [0.1, 0.15) is 6.42 Å². The van der Waals surface area contributed by atoms with Crippen LogP contribution in [-0.2, 0) is 16.6 Å². The number of anilines is 3. The predicted molar refractivity (Wildman–Crippen MR) is 158 cm³/mol. The third-order valence-corrected chi connectivity index (χ3v) is 8.02. The average Bonchev–Trinajstić information content (AvgIpc) is 3.33. The van der Waals surface area contributed by atoms with Gasteiger partial charge in [0.2, 0.25) is 0 Å². The lowest BCUT2D eigenvalue weighted by Crippen LogP contribution is -2.14. The van der Waals surface area contributed by atoms with Crippen molar-refractivity contribution >= 4 is 49.7 Å². The molecule has 0 unspecified atom stereocenters. The van der Waals surface area contributed by atoms with Crippen molar-refractivity contribution in [1.29, 1.82) is 0 Å². The molecule has 0 aliphatic carbocycles. The Hall–Kier alpha value is -3.99. The van der Waals surface area contributed by atoms with Crippen LogP contribution >= 0.6 is 11.6 Å². The fourth-order valence-corrected chi connectivity index (χ4v) is 5.65. The Morgan fingerprint density at radius 2 is 1.73 bits per heavy atom. The van der Waals surface area contributed by atoms with E-state index < -0.39 is 15.8 Å². The maximum absolute atomic E-state index is 13.4. The standard InChI is InChI=1S/C29H28ClFN6O2S/c1-36(2)13-3-14-37-15-12-21-16-20(4-11-28(21)37)27-18-29(33-19-32-27)34-22-5-7-23(8-6-22)35-40(38,39)24-9-10-26(31)25(30)17-24/h4-12,15-19,35H,3,13-14H2,1-2H3,(H,32,33,34). The molecule has 0 atom stereocenters. The van der Waals surface area contributed by atoms with E-state index in [4.69, 9.17) is 11.6 Å². The summed E-state index contributed by atoms with van der Waals surface area (Å²) in [5.74, 6) is -0.0876. The monoisotopic (exact) mass is 578 g/mol. The summed E-state index contributed by atoms with van der Waals surface area (Å²) in [6.07, 6.45) is 4.70. The van der Waals surface area contributed by atoms with Crippen molar-refractivity contribution < 1.29 is 12.8 Å². The highest BCUT2D eigenvalue weighted by Crippen LogP contribution is 2.27. The highest BCUT2D eigenvalue weighted by molar-refractivity contribution is 7.92. The van der Waals surface area contributed by atoms with Gasteiger partial charge in [-0.2, -0.15) is 0 Å². The van der Waals surface area contributed by atoms with Crippen LogP contribution in [0.4, 0.5) is 21.6 Å². The Morgan fingerprint density at radius 1 is 0.950 bits per heavy atom. The minimum atomic E-state index is -3.93. The Labute approximate surface area is 237 Å². The molecule has 0 saturated carbocycles. The first-order valence-electron chi connectivity index (χ1n) is 12.6. The van der Waals surface area contributed by atoms with Crippen molar-refractivity contribution in [3.8, 4) is 11.3 Å². The predicted octanol–water partition coefficient (Wildman–Crippen LogP) is 6.39. The Kier molecular flexibility index (Phi) is 8.02. The van der Waals surface area contributed by atoms with Gasteiger partial charge in [-0.1, -0.05) is 17.7 Å². The summed E-state index contributed by atoms with van der Waals surface area (Å²) in [7, 11) is 0.236. The normalized spacial score (nSPS) is 11.7. The van der Waals surface area contributed by atoms with E-state index >= 15 is 0 Å². The van der Waals surface area contributed by atoms with Crippen LogP contribution in [0, 0.1) is 5.82 Å². The molecule has 3 aromatic carbocycles. The maximum Gasteiger partial charge on any atom is 0.261 e. The van der Waals surface area contributed by atoms with Crippen LogP contribution < -0.4 is 10.0 Å². The number of aromatic nitrogens is 3. The quantitative estimate of drug-likeness (QED) is 0.200. The largest absolute Gasteiger partial charge is 0.347 e. The average molecular weight is 579 g/mol. The first-order valence-corrected chi connectivity index (χ1v) is 14.4. The lowest BCUT2D eigenvalue weighted by Gasteiger charge is -2.11. The second kappa shape index (κ2) is 11.6. The van der Waals surface area contributed by atoms with E-state index in [1.165, 1.54) is 11.8 Å². The number of hydrogen-bond donors (Lipinski definition) is 2. The number of nitrogens with one attached hydrogen (secondary N) is 2. The van der Waals surface area contributed by atoms with Gasteiger partial charge >= 0.3 is 0 Å². The van der Waals surface area contributed by atoms with Crippen molar-refractivity contribution in [2.45, 2.75) is 17.9 Å². The highest BCUT2D eigenvalue weighted by Gasteiger charge is 2.16. The number of rotatable bonds is 10. The molecule has 0 aliphatic heterocycles. The molecule has 0 radical (unpaired) electrons. The topological polar surface area (TPSA) is 92.2 Å². The molecule has 2 heterocycles. The van der Waals surface area contributed by atoms with Gasteiger partial charge in [0.15, 0.2) is 0 Å². The molecule has 0 aliphatic rings. The molecule has 8 nitrogen and oxygen atoms in total. The van der Waals surface area contributed by atoms with Crippen LogP contribution in [0.3, 0.4) is 0 Å². The second-order valence-electron chi connectivity index (χ2n) is 9.61. The molecule has 5 rings (SSSR count). The van der Waals surface area contributed by atoms with Crippen molar-refractivity contribution in [2.75, 3.05) is 30.7 Å². The number of benzene rings is 3. The van der Waals surface area contributed by atoms with Gasteiger partial charge in [-0.3, -0.25) is 4.72 Å². The highest BCUT2D eigenvalue weighted by atomic mass is 35.5. The molecular weight excluding hydrogens is 551 g/mol. The fourth-order valence-electron chi connectivity index (χ4n) is 4.32. The SMILES string of the molecule is CN(C)CCCn1ccc2cc(-c3cc(Nc4ccc(NS(=O)(=O)c5ccc(F)c(Cl)c5)cc4)ncn3)ccc21. The number of nitrogens with zero attached hydrogens (tertiary/aromatic N) is 4. The van der Waals surface area contributed by atoms with Crippen molar-refractivity contribution in [2.24, 2.45) is 0 Å². The molecule has 0 saturated heterocycles. The number of hydrogen-bond acceptors (Lipinski definition) is 6. The van der Waals surface area contributed by atoms with Gasteiger partial charge in [0.1, 0.15) is 18.0 Å². The Bertz CT molecular complexity index is 1760. The third-order valence-electron chi connectivity index (χ3n) is 6.35. The zero-order valence-corrected chi connectivity index (χ0v) is 23.5. The lowest BCUT2D eigenvalue weighted by molar-refractivity contribution is 0.388. The molecule has 0 spiro atoms. The smallest absolute Gasteiger partial charge is 0.261 e. The van der Waals surface area contributed by atoms with Gasteiger partial charge in [-0.05, 0) is 87.7 Å². The van der Waals surface area contributed by atoms with Gasteiger partial charge < -0.3 is 14.8 Å². The molecule has 0 amide bonds. The van der Waals surface area contributed by atoms with Crippen LogP contribution in [0.15, 0.2) is 90.2 Å². The molecule has 2 aromatic heterocycles. The van der Waals surface area contributed by atoms with Crippen LogP contribution in [0.25, 0.3) is 22.2 Å². The van der Waals surface area contributed by atoms with Gasteiger partial charge in [0.25, 0.3) is 10.0 Å². The molecule has 0 bridgehead atoms. The first kappa shape index (κ1) is 27.6. The van der Waals surface area contributed by atoms with Gasteiger partial charge in [0.05, 0.1) is 15.6 Å². The molecule has 11 heteroatoms. The third kappa shape index (κ3) is 6.41. The molecular formula is C29H28ClFN6O2S. The zero-order valence-electron chi connectivity index (χ0n) is 22.0. The number of aryl methyl sites for hydroxylation is 1. The summed E-state index contributed by atoms with van der Waals surface area (Å²) in [6, 6.07) is 20.2. The van der Waals surface area contributed by atoms with E-state index in [1.807, 2.05) is 6.07 Å².